The molecule has 2 aliphatic rings. The molecule has 1 aromatic rings. The van der Waals surface area contributed by atoms with Crippen LogP contribution in [0.2, 0.25) is 0 Å². The van der Waals surface area contributed by atoms with Gasteiger partial charge in [0, 0.05) is 12.1 Å². The third kappa shape index (κ3) is 3.12. The molecule has 4 heteroatoms. The van der Waals surface area contributed by atoms with Gasteiger partial charge in [-0.3, -0.25) is 4.79 Å². The van der Waals surface area contributed by atoms with Crippen LogP contribution < -0.4 is 15.4 Å². The van der Waals surface area contributed by atoms with Crippen LogP contribution in [0.4, 0.5) is 5.69 Å². The summed E-state index contributed by atoms with van der Waals surface area (Å²) in [7, 11) is 0. The molecule has 0 aromatic heterocycles. The topological polar surface area (TPSA) is 50.4 Å². The van der Waals surface area contributed by atoms with Crippen LogP contribution in [0, 0.1) is 5.92 Å². The van der Waals surface area contributed by atoms with Gasteiger partial charge < -0.3 is 15.4 Å². The number of amides is 1. The summed E-state index contributed by atoms with van der Waals surface area (Å²) in [6, 6.07) is 6.81. The smallest absolute Gasteiger partial charge is 0.262 e. The number of rotatable bonds is 5. The second-order valence-corrected chi connectivity index (χ2v) is 6.06. The highest BCUT2D eigenvalue weighted by Crippen LogP contribution is 2.34. The minimum Gasteiger partial charge on any atom is -0.482 e. The van der Waals surface area contributed by atoms with Gasteiger partial charge >= 0.3 is 0 Å². The Morgan fingerprint density at radius 1 is 1.40 bits per heavy atom. The third-order valence-corrected chi connectivity index (χ3v) is 4.05. The number of carbonyl (C=O) groups is 1. The number of ether oxygens (including phenoxy) is 1. The first-order valence-corrected chi connectivity index (χ1v) is 7.44. The van der Waals surface area contributed by atoms with Crippen LogP contribution in [-0.4, -0.2) is 18.6 Å². The van der Waals surface area contributed by atoms with Gasteiger partial charge in [0.05, 0.1) is 5.69 Å². The largest absolute Gasteiger partial charge is 0.482 e. The molecule has 2 unspecified atom stereocenters. The molecule has 1 saturated carbocycles. The van der Waals surface area contributed by atoms with Crippen molar-refractivity contribution in [3.05, 3.63) is 23.8 Å². The first-order chi connectivity index (χ1) is 9.61. The zero-order chi connectivity index (χ0) is 14.1. The lowest BCUT2D eigenvalue weighted by molar-refractivity contribution is -0.118. The Kier molecular flexibility index (Phi) is 3.66. The number of anilines is 1. The molecule has 1 aromatic carbocycles. The van der Waals surface area contributed by atoms with E-state index in [1.54, 1.807) is 0 Å². The summed E-state index contributed by atoms with van der Waals surface area (Å²) in [6.07, 6.45) is 4.04. The molecule has 1 fully saturated rings. The maximum atomic E-state index is 11.4. The lowest BCUT2D eigenvalue weighted by Gasteiger charge is -2.23. The summed E-state index contributed by atoms with van der Waals surface area (Å²) < 4.78 is 5.38. The first kappa shape index (κ1) is 13.4. The number of carbonyl (C=O) groups excluding carboxylic acids is 1. The van der Waals surface area contributed by atoms with Crippen molar-refractivity contribution in [1.29, 1.82) is 0 Å². The summed E-state index contributed by atoms with van der Waals surface area (Å²) in [6.45, 7) is 4.52. The summed E-state index contributed by atoms with van der Waals surface area (Å²) in [4.78, 5) is 11.4. The zero-order valence-electron chi connectivity index (χ0n) is 12.1. The molecule has 2 atom stereocenters. The minimum absolute atomic E-state index is 0.0858. The number of benzene rings is 1. The van der Waals surface area contributed by atoms with Gasteiger partial charge in [-0.15, -0.1) is 0 Å². The minimum atomic E-state index is -0.0858. The predicted molar refractivity (Wildman–Crippen MR) is 78.9 cm³/mol. The van der Waals surface area contributed by atoms with E-state index in [4.69, 9.17) is 4.74 Å². The molecule has 1 aliphatic carbocycles. The highest BCUT2D eigenvalue weighted by molar-refractivity contribution is 5.95. The molecule has 1 amide bonds. The molecule has 0 saturated heterocycles. The fourth-order valence-corrected chi connectivity index (χ4v) is 2.81. The van der Waals surface area contributed by atoms with Gasteiger partial charge in [0.15, 0.2) is 6.61 Å². The monoisotopic (exact) mass is 274 g/mol. The van der Waals surface area contributed by atoms with E-state index < -0.39 is 0 Å². The number of hydrogen-bond donors (Lipinski definition) is 2. The highest BCUT2D eigenvalue weighted by Gasteiger charge is 2.24. The van der Waals surface area contributed by atoms with E-state index in [1.807, 2.05) is 12.1 Å². The number of fused-ring (bicyclic) bond motifs is 1. The maximum Gasteiger partial charge on any atom is 0.262 e. The molecule has 0 bridgehead atoms. The van der Waals surface area contributed by atoms with E-state index in [0.717, 1.165) is 17.4 Å². The van der Waals surface area contributed by atoms with Crippen molar-refractivity contribution < 1.29 is 9.53 Å². The molecule has 108 valence electrons. The fraction of sp³-hybridized carbons (Fsp3) is 0.562. The lowest BCUT2D eigenvalue weighted by atomic mass is 10.0. The van der Waals surface area contributed by atoms with Crippen LogP contribution in [0.15, 0.2) is 18.2 Å². The van der Waals surface area contributed by atoms with Gasteiger partial charge in [0.25, 0.3) is 5.91 Å². The summed E-state index contributed by atoms with van der Waals surface area (Å²) >= 11 is 0. The Bertz CT molecular complexity index is 511. The fourth-order valence-electron chi connectivity index (χ4n) is 2.81. The van der Waals surface area contributed by atoms with Crippen LogP contribution in [0.3, 0.4) is 0 Å². The lowest BCUT2D eigenvalue weighted by Crippen LogP contribution is -2.30. The van der Waals surface area contributed by atoms with E-state index in [1.165, 1.54) is 24.8 Å². The molecule has 2 N–H and O–H groups in total. The van der Waals surface area contributed by atoms with Crippen molar-refractivity contribution in [1.82, 2.24) is 5.32 Å². The van der Waals surface area contributed by atoms with E-state index in [9.17, 15) is 4.79 Å². The van der Waals surface area contributed by atoms with Gasteiger partial charge in [0.2, 0.25) is 0 Å². The SMILES string of the molecule is CC(CC1CC1)NC(C)c1ccc2c(c1)NC(=O)CO2. The second kappa shape index (κ2) is 5.44. The van der Waals surface area contributed by atoms with E-state index in [2.05, 4.69) is 30.5 Å². The zero-order valence-corrected chi connectivity index (χ0v) is 12.1. The van der Waals surface area contributed by atoms with Crippen molar-refractivity contribution in [3.8, 4) is 5.75 Å². The second-order valence-electron chi connectivity index (χ2n) is 6.06. The molecule has 3 rings (SSSR count). The van der Waals surface area contributed by atoms with Crippen LogP contribution in [0.1, 0.15) is 44.7 Å². The summed E-state index contributed by atoms with van der Waals surface area (Å²) in [5, 5.41) is 6.49. The summed E-state index contributed by atoms with van der Waals surface area (Å²) in [5.41, 5.74) is 1.96. The molecule has 1 aliphatic heterocycles. The Balaban J connectivity index is 1.66. The van der Waals surface area contributed by atoms with Crippen LogP contribution in [0.25, 0.3) is 0 Å². The summed E-state index contributed by atoms with van der Waals surface area (Å²) in [5.74, 6) is 1.60. The van der Waals surface area contributed by atoms with Gasteiger partial charge in [-0.25, -0.2) is 0 Å². The van der Waals surface area contributed by atoms with Crippen molar-refractivity contribution in [3.63, 3.8) is 0 Å². The van der Waals surface area contributed by atoms with E-state index in [-0.39, 0.29) is 18.6 Å². The Hall–Kier alpha value is -1.55. The maximum absolute atomic E-state index is 11.4. The van der Waals surface area contributed by atoms with Gasteiger partial charge in [-0.1, -0.05) is 18.9 Å². The van der Waals surface area contributed by atoms with Crippen molar-refractivity contribution >= 4 is 11.6 Å². The molecule has 20 heavy (non-hydrogen) atoms. The molecular formula is C16H22N2O2. The Morgan fingerprint density at radius 2 is 2.20 bits per heavy atom. The number of hydrogen-bond acceptors (Lipinski definition) is 3. The van der Waals surface area contributed by atoms with E-state index >= 15 is 0 Å². The van der Waals surface area contributed by atoms with Crippen molar-refractivity contribution in [2.24, 2.45) is 5.92 Å². The molecule has 0 spiro atoms. The van der Waals surface area contributed by atoms with Crippen LogP contribution >= 0.6 is 0 Å². The van der Waals surface area contributed by atoms with Gasteiger partial charge in [-0.2, -0.15) is 0 Å². The van der Waals surface area contributed by atoms with Crippen molar-refractivity contribution in [2.45, 2.75) is 45.2 Å². The normalized spacial score (nSPS) is 20.6. The number of nitrogens with one attached hydrogen (secondary N) is 2. The van der Waals surface area contributed by atoms with Gasteiger partial charge in [0.1, 0.15) is 5.75 Å². The molecular weight excluding hydrogens is 252 g/mol. The molecule has 4 nitrogen and oxygen atoms in total. The van der Waals surface area contributed by atoms with Crippen LogP contribution in [-0.2, 0) is 4.79 Å². The van der Waals surface area contributed by atoms with Crippen molar-refractivity contribution in [2.75, 3.05) is 11.9 Å². The van der Waals surface area contributed by atoms with Gasteiger partial charge in [-0.05, 0) is 43.9 Å². The quantitative estimate of drug-likeness (QED) is 0.868. The molecule has 0 radical (unpaired) electrons. The average molecular weight is 274 g/mol. The first-order valence-electron chi connectivity index (χ1n) is 7.44. The highest BCUT2D eigenvalue weighted by atomic mass is 16.5. The van der Waals surface area contributed by atoms with E-state index in [0.29, 0.717) is 6.04 Å². The average Bonchev–Trinajstić information content (AvgIpc) is 3.21. The Labute approximate surface area is 119 Å². The van der Waals surface area contributed by atoms with Crippen LogP contribution in [0.5, 0.6) is 5.75 Å². The molecule has 1 heterocycles. The standard InChI is InChI=1S/C16H22N2O2/c1-10(7-12-3-4-12)17-11(2)13-5-6-15-14(8-13)18-16(19)9-20-15/h5-6,8,10-12,17H,3-4,7,9H2,1-2H3,(H,18,19). The predicted octanol–water partition coefficient (Wildman–Crippen LogP) is 2.86. The Morgan fingerprint density at radius 3 is 2.95 bits per heavy atom. The third-order valence-electron chi connectivity index (χ3n) is 4.05.